The summed E-state index contributed by atoms with van der Waals surface area (Å²) in [7, 11) is 0. The van der Waals surface area contributed by atoms with Gasteiger partial charge in [0.15, 0.2) is 0 Å². The first kappa shape index (κ1) is 18.7. The molecule has 1 aromatic heterocycles. The van der Waals surface area contributed by atoms with E-state index in [2.05, 4.69) is 10.2 Å². The number of benzene rings is 2. The van der Waals surface area contributed by atoms with E-state index in [1.165, 1.54) is 0 Å². The van der Waals surface area contributed by atoms with E-state index in [1.54, 1.807) is 12.1 Å². The lowest BCUT2D eigenvalue weighted by Gasteiger charge is -2.31. The second kappa shape index (κ2) is 8.18. The minimum absolute atomic E-state index is 0.0441. The van der Waals surface area contributed by atoms with E-state index < -0.39 is 5.91 Å². The monoisotopic (exact) mass is 390 g/mol. The van der Waals surface area contributed by atoms with Crippen molar-refractivity contribution in [3.05, 3.63) is 77.6 Å². The number of carbonyl (C=O) groups is 2. The number of carbonyl (C=O) groups excluding carboxylic acids is 2. The molecule has 4 rings (SSSR count). The third-order valence-corrected chi connectivity index (χ3v) is 5.16. The van der Waals surface area contributed by atoms with Gasteiger partial charge in [0.25, 0.3) is 11.8 Å². The number of hydrogen-bond donors (Lipinski definition) is 2. The first-order valence-electron chi connectivity index (χ1n) is 9.58. The number of piperidine rings is 1. The molecule has 2 amide bonds. The maximum atomic E-state index is 13.1. The van der Waals surface area contributed by atoms with Gasteiger partial charge in [-0.15, -0.1) is 0 Å². The summed E-state index contributed by atoms with van der Waals surface area (Å²) in [5.74, 6) is 0.865. The SMILES string of the molecule is NC(=O)c1cc(C2CCN(C(=O)c3ccccc3Oc3ccccc3)CC2)[nH]n1. The first-order valence-corrected chi connectivity index (χ1v) is 9.58. The molecule has 0 unspecified atom stereocenters. The molecular weight excluding hydrogens is 368 g/mol. The average Bonchev–Trinajstić information content (AvgIpc) is 3.25. The van der Waals surface area contributed by atoms with Gasteiger partial charge in [0.05, 0.1) is 5.56 Å². The maximum absolute atomic E-state index is 13.1. The van der Waals surface area contributed by atoms with Gasteiger partial charge in [-0.1, -0.05) is 30.3 Å². The lowest BCUT2D eigenvalue weighted by Crippen LogP contribution is -2.38. The highest BCUT2D eigenvalue weighted by Crippen LogP contribution is 2.30. The number of nitrogens with two attached hydrogens (primary N) is 1. The summed E-state index contributed by atoms with van der Waals surface area (Å²) in [4.78, 5) is 26.2. The van der Waals surface area contributed by atoms with Crippen LogP contribution in [0.4, 0.5) is 0 Å². The smallest absolute Gasteiger partial charge is 0.269 e. The number of aromatic nitrogens is 2. The van der Waals surface area contributed by atoms with Crippen LogP contribution < -0.4 is 10.5 Å². The summed E-state index contributed by atoms with van der Waals surface area (Å²) in [5, 5.41) is 6.84. The number of H-pyrrole nitrogens is 1. The lowest BCUT2D eigenvalue weighted by atomic mass is 9.93. The van der Waals surface area contributed by atoms with Crippen LogP contribution in [0.25, 0.3) is 0 Å². The fourth-order valence-corrected chi connectivity index (χ4v) is 3.58. The third-order valence-electron chi connectivity index (χ3n) is 5.16. The van der Waals surface area contributed by atoms with Crippen molar-refractivity contribution in [3.63, 3.8) is 0 Å². The largest absolute Gasteiger partial charge is 0.457 e. The Labute approximate surface area is 168 Å². The van der Waals surface area contributed by atoms with E-state index in [-0.39, 0.29) is 17.5 Å². The highest BCUT2D eigenvalue weighted by atomic mass is 16.5. The van der Waals surface area contributed by atoms with Crippen LogP contribution in [0, 0.1) is 0 Å². The quantitative estimate of drug-likeness (QED) is 0.698. The Morgan fingerprint density at radius 3 is 2.41 bits per heavy atom. The fourth-order valence-electron chi connectivity index (χ4n) is 3.58. The van der Waals surface area contributed by atoms with Crippen molar-refractivity contribution in [2.24, 2.45) is 5.73 Å². The zero-order chi connectivity index (χ0) is 20.2. The predicted molar refractivity (Wildman–Crippen MR) is 108 cm³/mol. The molecule has 1 aliphatic rings. The van der Waals surface area contributed by atoms with Crippen LogP contribution in [0.15, 0.2) is 60.7 Å². The van der Waals surface area contributed by atoms with Gasteiger partial charge in [-0.3, -0.25) is 14.7 Å². The van der Waals surface area contributed by atoms with Crippen molar-refractivity contribution in [2.45, 2.75) is 18.8 Å². The Morgan fingerprint density at radius 2 is 1.72 bits per heavy atom. The fraction of sp³-hybridized carbons (Fsp3) is 0.227. The van der Waals surface area contributed by atoms with Crippen molar-refractivity contribution in [2.75, 3.05) is 13.1 Å². The molecule has 3 N–H and O–H groups in total. The summed E-state index contributed by atoms with van der Waals surface area (Å²) in [6.07, 6.45) is 1.57. The molecule has 0 aliphatic carbocycles. The van der Waals surface area contributed by atoms with Gasteiger partial charge >= 0.3 is 0 Å². The standard InChI is InChI=1S/C22H22N4O3/c23-21(27)19-14-18(24-25-19)15-10-12-26(13-11-15)22(28)17-8-4-5-9-20(17)29-16-6-2-1-3-7-16/h1-9,14-15H,10-13H2,(H2,23,27)(H,24,25). The molecule has 1 aliphatic heterocycles. The van der Waals surface area contributed by atoms with Crippen LogP contribution in [0.3, 0.4) is 0 Å². The normalized spacial score (nSPS) is 14.6. The third kappa shape index (κ3) is 4.13. The van der Waals surface area contributed by atoms with Crippen molar-refractivity contribution in [1.82, 2.24) is 15.1 Å². The summed E-state index contributed by atoms with van der Waals surface area (Å²) < 4.78 is 5.93. The van der Waals surface area contributed by atoms with Gasteiger partial charge < -0.3 is 15.4 Å². The average molecular weight is 390 g/mol. The summed E-state index contributed by atoms with van der Waals surface area (Å²) in [5.41, 5.74) is 6.94. The van der Waals surface area contributed by atoms with Crippen LogP contribution in [-0.2, 0) is 0 Å². The van der Waals surface area contributed by atoms with E-state index in [0.29, 0.717) is 30.2 Å². The molecule has 2 aromatic carbocycles. The van der Waals surface area contributed by atoms with E-state index in [0.717, 1.165) is 18.5 Å². The number of likely N-dealkylation sites (tertiary alicyclic amines) is 1. The number of para-hydroxylation sites is 2. The van der Waals surface area contributed by atoms with Gasteiger partial charge in [0.2, 0.25) is 0 Å². The molecular formula is C22H22N4O3. The molecule has 7 nitrogen and oxygen atoms in total. The molecule has 1 saturated heterocycles. The highest BCUT2D eigenvalue weighted by molar-refractivity contribution is 5.97. The van der Waals surface area contributed by atoms with Crippen molar-refractivity contribution < 1.29 is 14.3 Å². The number of amides is 2. The van der Waals surface area contributed by atoms with Crippen molar-refractivity contribution >= 4 is 11.8 Å². The van der Waals surface area contributed by atoms with E-state index >= 15 is 0 Å². The van der Waals surface area contributed by atoms with Crippen LogP contribution >= 0.6 is 0 Å². The predicted octanol–water partition coefficient (Wildman–Crippen LogP) is 3.32. The number of nitrogens with one attached hydrogen (secondary N) is 1. The van der Waals surface area contributed by atoms with Gasteiger partial charge in [-0.05, 0) is 43.2 Å². The minimum atomic E-state index is -0.546. The number of primary amides is 1. The lowest BCUT2D eigenvalue weighted by molar-refractivity contribution is 0.0709. The number of aromatic amines is 1. The molecule has 148 valence electrons. The van der Waals surface area contributed by atoms with Crippen LogP contribution in [-0.4, -0.2) is 40.0 Å². The van der Waals surface area contributed by atoms with Gasteiger partial charge in [0, 0.05) is 24.7 Å². The molecule has 0 saturated carbocycles. The van der Waals surface area contributed by atoms with Crippen molar-refractivity contribution in [1.29, 1.82) is 0 Å². The number of ether oxygens (including phenoxy) is 1. The molecule has 1 fully saturated rings. The van der Waals surface area contributed by atoms with E-state index in [1.807, 2.05) is 53.4 Å². The maximum Gasteiger partial charge on any atom is 0.269 e. The highest BCUT2D eigenvalue weighted by Gasteiger charge is 2.27. The molecule has 0 bridgehead atoms. The zero-order valence-corrected chi connectivity index (χ0v) is 15.9. The van der Waals surface area contributed by atoms with Gasteiger partial charge in [-0.2, -0.15) is 5.10 Å². The first-order chi connectivity index (χ1) is 14.1. The molecule has 0 spiro atoms. The Hall–Kier alpha value is -3.61. The van der Waals surface area contributed by atoms with E-state index in [9.17, 15) is 9.59 Å². The van der Waals surface area contributed by atoms with Gasteiger partial charge in [-0.25, -0.2) is 0 Å². The summed E-state index contributed by atoms with van der Waals surface area (Å²) in [6, 6.07) is 18.4. The Morgan fingerprint density at radius 1 is 1.03 bits per heavy atom. The van der Waals surface area contributed by atoms with Crippen molar-refractivity contribution in [3.8, 4) is 11.5 Å². The Bertz CT molecular complexity index is 1010. The molecule has 2 heterocycles. The van der Waals surface area contributed by atoms with Crippen LogP contribution in [0.5, 0.6) is 11.5 Å². The molecule has 29 heavy (non-hydrogen) atoms. The molecule has 0 radical (unpaired) electrons. The second-order valence-electron chi connectivity index (χ2n) is 7.05. The molecule has 3 aromatic rings. The topological polar surface area (TPSA) is 101 Å². The second-order valence-corrected chi connectivity index (χ2v) is 7.05. The summed E-state index contributed by atoms with van der Waals surface area (Å²) >= 11 is 0. The number of nitrogens with zero attached hydrogens (tertiary/aromatic N) is 2. The molecule has 7 heteroatoms. The Balaban J connectivity index is 1.44. The van der Waals surface area contributed by atoms with Crippen LogP contribution in [0.1, 0.15) is 45.3 Å². The van der Waals surface area contributed by atoms with E-state index in [4.69, 9.17) is 10.5 Å². The minimum Gasteiger partial charge on any atom is -0.457 e. The Kier molecular flexibility index (Phi) is 5.29. The molecule has 0 atom stereocenters. The number of hydrogen-bond acceptors (Lipinski definition) is 4. The summed E-state index contributed by atoms with van der Waals surface area (Å²) in [6.45, 7) is 1.24. The van der Waals surface area contributed by atoms with Gasteiger partial charge in [0.1, 0.15) is 17.2 Å². The van der Waals surface area contributed by atoms with Crippen LogP contribution in [0.2, 0.25) is 0 Å². The zero-order valence-electron chi connectivity index (χ0n) is 15.9. The number of rotatable bonds is 5.